The molecular weight excluding hydrogens is 272 g/mol. The van der Waals surface area contributed by atoms with Crippen LogP contribution in [0.4, 0.5) is 8.78 Å². The first-order valence-electron chi connectivity index (χ1n) is 8.01. The third-order valence-electron chi connectivity index (χ3n) is 4.03. The molecule has 2 rings (SSSR count). The number of nitrogens with one attached hydrogen (secondary N) is 1. The fraction of sp³-hybridized carbons (Fsp3) is 0.647. The Morgan fingerprint density at radius 3 is 2.71 bits per heavy atom. The summed E-state index contributed by atoms with van der Waals surface area (Å²) in [4.78, 5) is 0. The molecule has 1 N–H and O–H groups in total. The van der Waals surface area contributed by atoms with Gasteiger partial charge in [0.25, 0.3) is 0 Å². The SMILES string of the molecule is CCCNC(CCCC1CCCO1)c1c(F)cccc1F. The summed E-state index contributed by atoms with van der Waals surface area (Å²) in [6.07, 6.45) is 6.14. The Bertz CT molecular complexity index is 413. The van der Waals surface area contributed by atoms with Crippen molar-refractivity contribution in [2.45, 2.75) is 57.6 Å². The van der Waals surface area contributed by atoms with E-state index >= 15 is 0 Å². The van der Waals surface area contributed by atoms with Crippen LogP contribution in [-0.2, 0) is 4.74 Å². The molecule has 1 aliphatic heterocycles. The van der Waals surface area contributed by atoms with Gasteiger partial charge in [-0.05, 0) is 57.2 Å². The maximum Gasteiger partial charge on any atom is 0.130 e. The highest BCUT2D eigenvalue weighted by Crippen LogP contribution is 2.27. The fourth-order valence-electron chi connectivity index (χ4n) is 2.93. The van der Waals surface area contributed by atoms with E-state index in [2.05, 4.69) is 5.32 Å². The van der Waals surface area contributed by atoms with Gasteiger partial charge in [0.1, 0.15) is 11.6 Å². The summed E-state index contributed by atoms with van der Waals surface area (Å²) >= 11 is 0. The van der Waals surface area contributed by atoms with Gasteiger partial charge >= 0.3 is 0 Å². The van der Waals surface area contributed by atoms with E-state index in [0.717, 1.165) is 51.7 Å². The highest BCUT2D eigenvalue weighted by molar-refractivity contribution is 5.23. The molecular formula is C17H25F2NO. The first kappa shape index (κ1) is 16.4. The van der Waals surface area contributed by atoms with Gasteiger partial charge in [0.2, 0.25) is 0 Å². The summed E-state index contributed by atoms with van der Waals surface area (Å²) in [5.74, 6) is -0.915. The predicted molar refractivity (Wildman–Crippen MR) is 80.2 cm³/mol. The van der Waals surface area contributed by atoms with Crippen LogP contribution in [0.2, 0.25) is 0 Å². The Morgan fingerprint density at radius 2 is 2.10 bits per heavy atom. The summed E-state index contributed by atoms with van der Waals surface area (Å²) in [6, 6.07) is 3.82. The number of hydrogen-bond donors (Lipinski definition) is 1. The van der Waals surface area contributed by atoms with Crippen LogP contribution in [0.25, 0.3) is 0 Å². The zero-order valence-electron chi connectivity index (χ0n) is 12.7. The van der Waals surface area contributed by atoms with Gasteiger partial charge in [-0.25, -0.2) is 8.78 Å². The number of ether oxygens (including phenoxy) is 1. The van der Waals surface area contributed by atoms with E-state index in [4.69, 9.17) is 4.74 Å². The van der Waals surface area contributed by atoms with Gasteiger partial charge in [-0.15, -0.1) is 0 Å². The molecule has 4 heteroatoms. The minimum Gasteiger partial charge on any atom is -0.378 e. The van der Waals surface area contributed by atoms with Crippen LogP contribution in [-0.4, -0.2) is 19.3 Å². The Morgan fingerprint density at radius 1 is 1.33 bits per heavy atom. The second-order valence-corrected chi connectivity index (χ2v) is 5.71. The second kappa shape index (κ2) is 8.44. The molecule has 1 aromatic rings. The lowest BCUT2D eigenvalue weighted by atomic mass is 9.98. The lowest BCUT2D eigenvalue weighted by Crippen LogP contribution is -2.24. The van der Waals surface area contributed by atoms with Gasteiger partial charge in [-0.2, -0.15) is 0 Å². The quantitative estimate of drug-likeness (QED) is 0.770. The van der Waals surface area contributed by atoms with Gasteiger partial charge in [-0.1, -0.05) is 13.0 Å². The van der Waals surface area contributed by atoms with Crippen molar-refractivity contribution in [1.29, 1.82) is 0 Å². The average Bonchev–Trinajstić information content (AvgIpc) is 2.97. The molecule has 2 nitrogen and oxygen atoms in total. The number of rotatable bonds is 8. The molecule has 1 aliphatic rings. The smallest absolute Gasteiger partial charge is 0.130 e. The molecule has 0 aliphatic carbocycles. The topological polar surface area (TPSA) is 21.3 Å². The number of hydrogen-bond acceptors (Lipinski definition) is 2. The van der Waals surface area contributed by atoms with E-state index < -0.39 is 11.6 Å². The maximum absolute atomic E-state index is 14.0. The van der Waals surface area contributed by atoms with Crippen molar-refractivity contribution in [3.8, 4) is 0 Å². The molecule has 118 valence electrons. The zero-order valence-corrected chi connectivity index (χ0v) is 12.7. The van der Waals surface area contributed by atoms with E-state index in [1.54, 1.807) is 0 Å². The first-order valence-corrected chi connectivity index (χ1v) is 8.01. The van der Waals surface area contributed by atoms with Crippen LogP contribution in [0.3, 0.4) is 0 Å². The van der Waals surface area contributed by atoms with Crippen molar-refractivity contribution in [1.82, 2.24) is 5.32 Å². The minimum absolute atomic E-state index is 0.179. The van der Waals surface area contributed by atoms with Crippen molar-refractivity contribution in [2.24, 2.45) is 0 Å². The van der Waals surface area contributed by atoms with Gasteiger partial charge in [0.05, 0.1) is 6.10 Å². The lowest BCUT2D eigenvalue weighted by Gasteiger charge is -2.21. The molecule has 0 aromatic heterocycles. The average molecular weight is 297 g/mol. The molecule has 2 unspecified atom stereocenters. The molecule has 0 amide bonds. The fourth-order valence-corrected chi connectivity index (χ4v) is 2.93. The second-order valence-electron chi connectivity index (χ2n) is 5.71. The summed E-state index contributed by atoms with van der Waals surface area (Å²) < 4.78 is 33.5. The van der Waals surface area contributed by atoms with Crippen LogP contribution in [0.5, 0.6) is 0 Å². The maximum atomic E-state index is 14.0. The molecule has 0 saturated carbocycles. The summed E-state index contributed by atoms with van der Waals surface area (Å²) in [6.45, 7) is 3.66. The van der Waals surface area contributed by atoms with E-state index in [9.17, 15) is 8.78 Å². The van der Waals surface area contributed by atoms with Crippen LogP contribution < -0.4 is 5.32 Å². The Kier molecular flexibility index (Phi) is 6.58. The van der Waals surface area contributed by atoms with Crippen molar-refractivity contribution in [3.05, 3.63) is 35.4 Å². The van der Waals surface area contributed by atoms with Crippen LogP contribution in [0.15, 0.2) is 18.2 Å². The van der Waals surface area contributed by atoms with E-state index in [1.807, 2.05) is 6.92 Å². The largest absolute Gasteiger partial charge is 0.378 e. The molecule has 0 bridgehead atoms. The molecule has 0 spiro atoms. The Labute approximate surface area is 125 Å². The predicted octanol–water partition coefficient (Wildman–Crippen LogP) is 4.35. The van der Waals surface area contributed by atoms with Crippen molar-refractivity contribution in [2.75, 3.05) is 13.2 Å². The van der Waals surface area contributed by atoms with Crippen molar-refractivity contribution >= 4 is 0 Å². The Hall–Kier alpha value is -1.00. The summed E-state index contributed by atoms with van der Waals surface area (Å²) in [7, 11) is 0. The molecule has 1 saturated heterocycles. The molecule has 0 radical (unpaired) electrons. The molecule has 1 heterocycles. The minimum atomic E-state index is -0.458. The van der Waals surface area contributed by atoms with Gasteiger partial charge < -0.3 is 10.1 Å². The lowest BCUT2D eigenvalue weighted by molar-refractivity contribution is 0.101. The highest BCUT2D eigenvalue weighted by Gasteiger charge is 2.21. The van der Waals surface area contributed by atoms with Crippen molar-refractivity contribution < 1.29 is 13.5 Å². The van der Waals surface area contributed by atoms with Crippen molar-refractivity contribution in [3.63, 3.8) is 0 Å². The van der Waals surface area contributed by atoms with Gasteiger partial charge in [0.15, 0.2) is 0 Å². The van der Waals surface area contributed by atoms with Crippen LogP contribution >= 0.6 is 0 Å². The molecule has 1 fully saturated rings. The van der Waals surface area contributed by atoms with E-state index in [-0.39, 0.29) is 11.6 Å². The third kappa shape index (κ3) is 4.75. The normalized spacial score (nSPS) is 19.9. The molecule has 2 atom stereocenters. The third-order valence-corrected chi connectivity index (χ3v) is 4.03. The number of halogens is 2. The van der Waals surface area contributed by atoms with Crippen LogP contribution in [0.1, 0.15) is 57.1 Å². The zero-order chi connectivity index (χ0) is 15.1. The van der Waals surface area contributed by atoms with E-state index in [1.165, 1.54) is 18.2 Å². The summed E-state index contributed by atoms with van der Waals surface area (Å²) in [5, 5.41) is 3.27. The van der Waals surface area contributed by atoms with Crippen LogP contribution in [0, 0.1) is 11.6 Å². The van der Waals surface area contributed by atoms with Gasteiger partial charge in [-0.3, -0.25) is 0 Å². The summed E-state index contributed by atoms with van der Waals surface area (Å²) in [5.41, 5.74) is 0.179. The molecule has 1 aromatic carbocycles. The monoisotopic (exact) mass is 297 g/mol. The number of benzene rings is 1. The standard InChI is InChI=1S/C17H25F2NO/c1-2-11-20-16(10-3-6-13-7-5-12-21-13)17-14(18)8-4-9-15(17)19/h4,8-9,13,16,20H,2-3,5-7,10-12H2,1H3. The molecule has 21 heavy (non-hydrogen) atoms. The van der Waals surface area contributed by atoms with Gasteiger partial charge in [0, 0.05) is 18.2 Å². The Balaban J connectivity index is 1.96. The first-order chi connectivity index (χ1) is 10.2. The van der Waals surface area contributed by atoms with E-state index in [0.29, 0.717) is 6.10 Å². The highest BCUT2D eigenvalue weighted by atomic mass is 19.1.